The van der Waals surface area contributed by atoms with Crippen LogP contribution in [-0.4, -0.2) is 23.4 Å². The van der Waals surface area contributed by atoms with Crippen LogP contribution in [0, 0.1) is 6.92 Å². The van der Waals surface area contributed by atoms with Gasteiger partial charge in [0.2, 0.25) is 0 Å². The second-order valence-corrected chi connectivity index (χ2v) is 5.86. The number of amides is 2. The quantitative estimate of drug-likeness (QED) is 0.702. The molecule has 0 fully saturated rings. The van der Waals surface area contributed by atoms with Crippen LogP contribution < -0.4 is 15.4 Å². The van der Waals surface area contributed by atoms with Gasteiger partial charge in [0.15, 0.2) is 6.61 Å². The normalized spacial score (nSPS) is 10.1. The number of anilines is 2. The smallest absolute Gasteiger partial charge is 0.262 e. The highest BCUT2D eigenvalue weighted by molar-refractivity contribution is 6.09. The average molecular weight is 361 g/mol. The maximum Gasteiger partial charge on any atom is 0.262 e. The van der Waals surface area contributed by atoms with Gasteiger partial charge in [0, 0.05) is 6.20 Å². The molecule has 0 aliphatic rings. The van der Waals surface area contributed by atoms with Gasteiger partial charge in [-0.15, -0.1) is 0 Å². The molecule has 1 aromatic heterocycles. The molecule has 0 saturated carbocycles. The Labute approximate surface area is 157 Å². The predicted molar refractivity (Wildman–Crippen MR) is 104 cm³/mol. The molecule has 2 N–H and O–H groups in total. The van der Waals surface area contributed by atoms with Gasteiger partial charge in [0.25, 0.3) is 11.8 Å². The van der Waals surface area contributed by atoms with Gasteiger partial charge in [-0.1, -0.05) is 35.9 Å². The Kier molecular flexibility index (Phi) is 5.79. The van der Waals surface area contributed by atoms with Crippen LogP contribution in [0.1, 0.15) is 15.9 Å². The van der Waals surface area contributed by atoms with Gasteiger partial charge in [-0.05, 0) is 43.3 Å². The molecule has 3 aromatic rings. The fourth-order valence-electron chi connectivity index (χ4n) is 2.38. The molecule has 0 unspecified atom stereocenters. The second kappa shape index (κ2) is 8.62. The van der Waals surface area contributed by atoms with E-state index in [2.05, 4.69) is 15.6 Å². The first-order chi connectivity index (χ1) is 13.1. The summed E-state index contributed by atoms with van der Waals surface area (Å²) in [6.07, 6.45) is 1.59. The van der Waals surface area contributed by atoms with E-state index < -0.39 is 0 Å². The topological polar surface area (TPSA) is 80.3 Å². The Hall–Kier alpha value is -3.67. The summed E-state index contributed by atoms with van der Waals surface area (Å²) in [5.74, 6) is 0.334. The molecule has 136 valence electrons. The largest absolute Gasteiger partial charge is 0.484 e. The monoisotopic (exact) mass is 361 g/mol. The Balaban J connectivity index is 1.63. The molecule has 6 heteroatoms. The van der Waals surface area contributed by atoms with E-state index in [0.717, 1.165) is 5.56 Å². The number of carbonyl (C=O) groups excluding carboxylic acids is 2. The van der Waals surface area contributed by atoms with Gasteiger partial charge in [-0.3, -0.25) is 9.59 Å². The highest BCUT2D eigenvalue weighted by Crippen LogP contribution is 2.17. The molecule has 1 heterocycles. The lowest BCUT2D eigenvalue weighted by atomic mass is 10.1. The summed E-state index contributed by atoms with van der Waals surface area (Å²) < 4.78 is 5.47. The summed E-state index contributed by atoms with van der Waals surface area (Å²) in [6.45, 7) is 1.82. The third-order valence-electron chi connectivity index (χ3n) is 3.74. The lowest BCUT2D eigenvalue weighted by Crippen LogP contribution is -2.23. The lowest BCUT2D eigenvalue weighted by molar-refractivity contribution is -0.118. The third kappa shape index (κ3) is 5.15. The Morgan fingerprint density at radius 2 is 1.67 bits per heavy atom. The number of ether oxygens (including phenoxy) is 1. The van der Waals surface area contributed by atoms with Crippen molar-refractivity contribution in [2.75, 3.05) is 17.2 Å². The first kappa shape index (κ1) is 18.1. The van der Waals surface area contributed by atoms with E-state index >= 15 is 0 Å². The van der Waals surface area contributed by atoms with Crippen LogP contribution >= 0.6 is 0 Å². The van der Waals surface area contributed by atoms with E-state index in [1.165, 1.54) is 0 Å². The van der Waals surface area contributed by atoms with E-state index in [4.69, 9.17) is 4.74 Å². The van der Waals surface area contributed by atoms with E-state index in [1.807, 2.05) is 19.1 Å². The van der Waals surface area contributed by atoms with Gasteiger partial charge in [-0.2, -0.15) is 0 Å². The molecule has 0 aliphatic carbocycles. The summed E-state index contributed by atoms with van der Waals surface area (Å²) >= 11 is 0. The number of hydrogen-bond donors (Lipinski definition) is 2. The van der Waals surface area contributed by atoms with E-state index in [-0.39, 0.29) is 18.4 Å². The van der Waals surface area contributed by atoms with Crippen LogP contribution in [0.2, 0.25) is 0 Å². The number of pyridine rings is 1. The van der Waals surface area contributed by atoms with Crippen molar-refractivity contribution in [3.8, 4) is 5.75 Å². The summed E-state index contributed by atoms with van der Waals surface area (Å²) in [4.78, 5) is 28.8. The van der Waals surface area contributed by atoms with Gasteiger partial charge >= 0.3 is 0 Å². The molecule has 0 radical (unpaired) electrons. The molecular formula is C21H19N3O3. The maximum absolute atomic E-state index is 12.5. The highest BCUT2D eigenvalue weighted by Gasteiger charge is 2.14. The zero-order valence-electron chi connectivity index (χ0n) is 14.8. The zero-order chi connectivity index (χ0) is 19.1. The minimum atomic E-state index is -0.357. The van der Waals surface area contributed by atoms with E-state index in [1.54, 1.807) is 60.8 Å². The molecule has 0 saturated heterocycles. The fraction of sp³-hybridized carbons (Fsp3) is 0.0952. The summed E-state index contributed by atoms with van der Waals surface area (Å²) in [7, 11) is 0. The van der Waals surface area contributed by atoms with E-state index in [9.17, 15) is 9.59 Å². The van der Waals surface area contributed by atoms with E-state index in [0.29, 0.717) is 22.8 Å². The molecule has 0 spiro atoms. The molecule has 6 nitrogen and oxygen atoms in total. The number of para-hydroxylation sites is 1. The summed E-state index contributed by atoms with van der Waals surface area (Å²) in [6, 6.07) is 19.4. The van der Waals surface area contributed by atoms with Gasteiger partial charge in [-0.25, -0.2) is 4.98 Å². The number of rotatable bonds is 6. The van der Waals surface area contributed by atoms with Crippen LogP contribution in [0.4, 0.5) is 11.5 Å². The average Bonchev–Trinajstić information content (AvgIpc) is 2.69. The van der Waals surface area contributed by atoms with Crippen molar-refractivity contribution in [3.05, 3.63) is 84.1 Å². The second-order valence-electron chi connectivity index (χ2n) is 5.86. The minimum absolute atomic E-state index is 0.154. The Bertz CT molecular complexity index is 925. The molecule has 2 amide bonds. The first-order valence-corrected chi connectivity index (χ1v) is 8.42. The number of aromatic nitrogens is 1. The predicted octanol–water partition coefficient (Wildman–Crippen LogP) is 3.66. The van der Waals surface area contributed by atoms with Crippen molar-refractivity contribution in [1.29, 1.82) is 0 Å². The number of nitrogens with one attached hydrogen (secondary N) is 2. The lowest BCUT2D eigenvalue weighted by Gasteiger charge is -2.12. The maximum atomic E-state index is 12.5. The number of carbonyl (C=O) groups is 2. The molecule has 27 heavy (non-hydrogen) atoms. The minimum Gasteiger partial charge on any atom is -0.484 e. The van der Waals surface area contributed by atoms with Crippen LogP contribution in [0.25, 0.3) is 0 Å². The van der Waals surface area contributed by atoms with Crippen molar-refractivity contribution in [2.45, 2.75) is 6.92 Å². The van der Waals surface area contributed by atoms with Crippen molar-refractivity contribution in [2.24, 2.45) is 0 Å². The molecular weight excluding hydrogens is 342 g/mol. The van der Waals surface area contributed by atoms with Crippen molar-refractivity contribution in [3.63, 3.8) is 0 Å². The van der Waals surface area contributed by atoms with Crippen LogP contribution in [0.15, 0.2) is 72.9 Å². The van der Waals surface area contributed by atoms with Crippen LogP contribution in [0.3, 0.4) is 0 Å². The number of aryl methyl sites for hydroxylation is 1. The highest BCUT2D eigenvalue weighted by atomic mass is 16.5. The van der Waals surface area contributed by atoms with Gasteiger partial charge in [0.1, 0.15) is 11.6 Å². The molecule has 0 atom stereocenters. The number of benzene rings is 2. The third-order valence-corrected chi connectivity index (χ3v) is 3.74. The van der Waals surface area contributed by atoms with Crippen LogP contribution in [0.5, 0.6) is 5.75 Å². The Morgan fingerprint density at radius 1 is 0.926 bits per heavy atom. The number of hydrogen-bond acceptors (Lipinski definition) is 4. The molecule has 0 aliphatic heterocycles. The van der Waals surface area contributed by atoms with Gasteiger partial charge < -0.3 is 15.4 Å². The molecule has 0 bridgehead atoms. The number of nitrogens with zero attached hydrogens (tertiary/aromatic N) is 1. The standard InChI is InChI=1S/C21H19N3O3/c1-15-9-11-16(12-10-15)27-14-20(25)23-18-7-3-2-6-17(18)21(26)24-19-8-4-5-13-22-19/h2-13H,14H2,1H3,(H,23,25)(H,22,24,26). The van der Waals surface area contributed by atoms with Crippen molar-refractivity contribution < 1.29 is 14.3 Å². The zero-order valence-corrected chi connectivity index (χ0v) is 14.8. The fourth-order valence-corrected chi connectivity index (χ4v) is 2.38. The summed E-state index contributed by atoms with van der Waals surface area (Å²) in [5.41, 5.74) is 1.86. The molecule has 3 rings (SSSR count). The molecule has 2 aromatic carbocycles. The first-order valence-electron chi connectivity index (χ1n) is 8.42. The van der Waals surface area contributed by atoms with Gasteiger partial charge in [0.05, 0.1) is 11.3 Å². The summed E-state index contributed by atoms with van der Waals surface area (Å²) in [5, 5.41) is 5.42. The van der Waals surface area contributed by atoms with Crippen molar-refractivity contribution in [1.82, 2.24) is 4.98 Å². The van der Waals surface area contributed by atoms with Crippen molar-refractivity contribution >= 4 is 23.3 Å². The SMILES string of the molecule is Cc1ccc(OCC(=O)Nc2ccccc2C(=O)Nc2ccccn2)cc1. The Morgan fingerprint density at radius 3 is 2.41 bits per heavy atom. The van der Waals surface area contributed by atoms with Crippen LogP contribution in [-0.2, 0) is 4.79 Å².